The molecule has 7 nitrogen and oxygen atoms in total. The highest BCUT2D eigenvalue weighted by atomic mass is 32.1. The highest BCUT2D eigenvalue weighted by Gasteiger charge is 2.18. The van der Waals surface area contributed by atoms with Crippen molar-refractivity contribution in [1.29, 1.82) is 0 Å². The Morgan fingerprint density at radius 1 is 1.06 bits per heavy atom. The van der Waals surface area contributed by atoms with Gasteiger partial charge in [-0.1, -0.05) is 48.0 Å². The molecule has 0 bridgehead atoms. The average molecular weight is 461 g/mol. The van der Waals surface area contributed by atoms with Crippen LogP contribution in [0.15, 0.2) is 54.6 Å². The maximum absolute atomic E-state index is 13.0. The van der Waals surface area contributed by atoms with Crippen molar-refractivity contribution in [3.05, 3.63) is 81.9 Å². The van der Waals surface area contributed by atoms with Crippen molar-refractivity contribution in [3.63, 3.8) is 0 Å². The summed E-state index contributed by atoms with van der Waals surface area (Å²) in [6, 6.07) is 18.1. The van der Waals surface area contributed by atoms with Gasteiger partial charge in [-0.2, -0.15) is 10.2 Å². The summed E-state index contributed by atoms with van der Waals surface area (Å²) >= 11 is 5.41. The van der Waals surface area contributed by atoms with Crippen molar-refractivity contribution in [1.82, 2.24) is 29.4 Å². The molecule has 1 amide bonds. The number of hydrogen-bond donors (Lipinski definition) is 1. The van der Waals surface area contributed by atoms with E-state index in [1.165, 1.54) is 5.56 Å². The van der Waals surface area contributed by atoms with Gasteiger partial charge in [0.2, 0.25) is 5.91 Å². The maximum Gasteiger partial charge on any atom is 0.224 e. The normalized spacial score (nSPS) is 11.0. The molecule has 0 saturated carbocycles. The number of para-hydroxylation sites is 1. The van der Waals surface area contributed by atoms with Gasteiger partial charge in [0.25, 0.3) is 0 Å². The molecule has 170 valence electrons. The van der Waals surface area contributed by atoms with Crippen molar-refractivity contribution in [3.8, 4) is 17.1 Å². The summed E-state index contributed by atoms with van der Waals surface area (Å²) in [4.78, 5) is 14.7. The third-order valence-electron chi connectivity index (χ3n) is 5.88. The van der Waals surface area contributed by atoms with Crippen molar-refractivity contribution < 1.29 is 4.79 Å². The molecule has 0 unspecified atom stereocenters. The Bertz CT molecular complexity index is 1320. The Balaban J connectivity index is 1.46. The zero-order chi connectivity index (χ0) is 23.5. The van der Waals surface area contributed by atoms with Crippen LogP contribution in [0.3, 0.4) is 0 Å². The minimum absolute atomic E-state index is 0.0409. The lowest BCUT2D eigenvalue weighted by Crippen LogP contribution is -2.27. The van der Waals surface area contributed by atoms with Crippen LogP contribution in [0, 0.1) is 25.5 Å². The van der Waals surface area contributed by atoms with Crippen molar-refractivity contribution in [2.75, 3.05) is 7.05 Å². The minimum Gasteiger partial charge on any atom is -0.341 e. The van der Waals surface area contributed by atoms with Crippen LogP contribution in [0.1, 0.15) is 28.9 Å². The van der Waals surface area contributed by atoms with Gasteiger partial charge in [0.15, 0.2) is 10.6 Å². The molecule has 0 spiro atoms. The number of nitrogens with zero attached hydrogens (tertiary/aromatic N) is 5. The van der Waals surface area contributed by atoms with Gasteiger partial charge in [0, 0.05) is 43.4 Å². The van der Waals surface area contributed by atoms with Gasteiger partial charge >= 0.3 is 0 Å². The quantitative estimate of drug-likeness (QED) is 0.403. The lowest BCUT2D eigenvalue weighted by atomic mass is 10.1. The highest BCUT2D eigenvalue weighted by molar-refractivity contribution is 7.71. The monoisotopic (exact) mass is 460 g/mol. The fraction of sp³-hybridized carbons (Fsp3) is 0.280. The molecule has 8 heteroatoms. The standard InChI is InChI=1S/C25H28N6OS/c1-17-10-12-20(13-11-17)24-26-27-25(33)30(24)15-14-23(32)29(4)16-22-18(2)28-31(19(22)3)21-8-6-5-7-9-21/h5-13H,14-16H2,1-4H3,(H,27,33). The summed E-state index contributed by atoms with van der Waals surface area (Å²) in [5.74, 6) is 0.783. The van der Waals surface area contributed by atoms with Gasteiger partial charge in [0.1, 0.15) is 0 Å². The number of benzene rings is 2. The van der Waals surface area contributed by atoms with Crippen LogP contribution >= 0.6 is 12.2 Å². The molecule has 0 radical (unpaired) electrons. The van der Waals surface area contributed by atoms with E-state index in [0.29, 0.717) is 24.3 Å². The van der Waals surface area contributed by atoms with Crippen LogP contribution < -0.4 is 0 Å². The summed E-state index contributed by atoms with van der Waals surface area (Å²) in [6.45, 7) is 7.04. The SMILES string of the molecule is Cc1ccc(-c2n[nH]c(=S)n2CCC(=O)N(C)Cc2c(C)nn(-c3ccccc3)c2C)cc1. The van der Waals surface area contributed by atoms with Gasteiger partial charge in [-0.25, -0.2) is 4.68 Å². The number of aromatic nitrogens is 5. The van der Waals surface area contributed by atoms with Gasteiger partial charge in [-0.15, -0.1) is 0 Å². The lowest BCUT2D eigenvalue weighted by molar-refractivity contribution is -0.130. The smallest absolute Gasteiger partial charge is 0.224 e. The van der Waals surface area contributed by atoms with E-state index in [1.807, 2.05) is 91.7 Å². The second-order valence-electron chi connectivity index (χ2n) is 8.27. The number of H-pyrrole nitrogens is 1. The number of nitrogens with one attached hydrogen (secondary N) is 1. The number of aromatic amines is 1. The molecule has 0 aliphatic heterocycles. The molecular formula is C25H28N6OS. The molecular weight excluding hydrogens is 432 g/mol. The second kappa shape index (κ2) is 9.54. The molecule has 4 rings (SSSR count). The van der Waals surface area contributed by atoms with Crippen molar-refractivity contribution >= 4 is 18.1 Å². The first-order chi connectivity index (χ1) is 15.8. The maximum atomic E-state index is 13.0. The summed E-state index contributed by atoms with van der Waals surface area (Å²) in [5.41, 5.74) is 6.18. The summed E-state index contributed by atoms with van der Waals surface area (Å²) in [7, 11) is 1.83. The fourth-order valence-corrected chi connectivity index (χ4v) is 4.12. The van der Waals surface area contributed by atoms with E-state index in [9.17, 15) is 4.79 Å². The van der Waals surface area contributed by atoms with Crippen molar-refractivity contribution in [2.24, 2.45) is 0 Å². The van der Waals surface area contributed by atoms with E-state index >= 15 is 0 Å². The van der Waals surface area contributed by atoms with E-state index < -0.39 is 0 Å². The lowest BCUT2D eigenvalue weighted by Gasteiger charge is -2.18. The van der Waals surface area contributed by atoms with Crippen LogP contribution in [0.4, 0.5) is 0 Å². The molecule has 0 saturated heterocycles. The molecule has 0 atom stereocenters. The van der Waals surface area contributed by atoms with Gasteiger partial charge in [-0.3, -0.25) is 14.5 Å². The number of carbonyl (C=O) groups excluding carboxylic acids is 1. The minimum atomic E-state index is 0.0409. The molecule has 2 aromatic heterocycles. The molecule has 2 heterocycles. The molecule has 4 aromatic rings. The Morgan fingerprint density at radius 3 is 2.45 bits per heavy atom. The van der Waals surface area contributed by atoms with Crippen molar-refractivity contribution in [2.45, 2.75) is 40.3 Å². The third-order valence-corrected chi connectivity index (χ3v) is 6.19. The largest absolute Gasteiger partial charge is 0.341 e. The Labute approximate surface area is 198 Å². The average Bonchev–Trinajstić information content (AvgIpc) is 3.32. The summed E-state index contributed by atoms with van der Waals surface area (Å²) in [6.07, 6.45) is 0.327. The Kier molecular flexibility index (Phi) is 6.55. The first-order valence-electron chi connectivity index (χ1n) is 10.9. The van der Waals surface area contributed by atoms with Crippen LogP contribution in [0.5, 0.6) is 0 Å². The number of rotatable bonds is 7. The van der Waals surface area contributed by atoms with E-state index in [4.69, 9.17) is 17.3 Å². The first-order valence-corrected chi connectivity index (χ1v) is 11.3. The molecule has 0 aliphatic rings. The molecule has 1 N–H and O–H groups in total. The van der Waals surface area contributed by atoms with Gasteiger partial charge in [-0.05, 0) is 45.1 Å². The summed E-state index contributed by atoms with van der Waals surface area (Å²) in [5, 5.41) is 11.9. The third kappa shape index (κ3) is 4.80. The van der Waals surface area contributed by atoms with E-state index in [-0.39, 0.29) is 5.91 Å². The van der Waals surface area contributed by atoms with Gasteiger partial charge in [0.05, 0.1) is 11.4 Å². The fourth-order valence-electron chi connectivity index (χ4n) is 3.90. The van der Waals surface area contributed by atoms with E-state index in [1.54, 1.807) is 4.90 Å². The molecule has 0 aliphatic carbocycles. The molecule has 0 fully saturated rings. The van der Waals surface area contributed by atoms with E-state index in [0.717, 1.165) is 34.0 Å². The van der Waals surface area contributed by atoms with Crippen LogP contribution in [0.2, 0.25) is 0 Å². The van der Waals surface area contributed by atoms with Crippen LogP contribution in [0.25, 0.3) is 17.1 Å². The Hall–Kier alpha value is -3.52. The number of aryl methyl sites for hydroxylation is 2. The predicted octanol–water partition coefficient (Wildman–Crippen LogP) is 4.77. The zero-order valence-corrected chi connectivity index (χ0v) is 20.2. The number of carbonyl (C=O) groups is 1. The first kappa shape index (κ1) is 22.7. The van der Waals surface area contributed by atoms with E-state index in [2.05, 4.69) is 10.2 Å². The second-order valence-corrected chi connectivity index (χ2v) is 8.65. The molecule has 2 aromatic carbocycles. The topological polar surface area (TPSA) is 71.7 Å². The number of hydrogen-bond acceptors (Lipinski definition) is 4. The zero-order valence-electron chi connectivity index (χ0n) is 19.4. The van der Waals surface area contributed by atoms with Gasteiger partial charge < -0.3 is 4.90 Å². The molecule has 33 heavy (non-hydrogen) atoms. The van der Waals surface area contributed by atoms with Crippen LogP contribution in [-0.4, -0.2) is 42.4 Å². The Morgan fingerprint density at radius 2 is 1.76 bits per heavy atom. The predicted molar refractivity (Wildman–Crippen MR) is 132 cm³/mol. The highest BCUT2D eigenvalue weighted by Crippen LogP contribution is 2.21. The summed E-state index contributed by atoms with van der Waals surface area (Å²) < 4.78 is 4.33. The number of amides is 1. The van der Waals surface area contributed by atoms with Crippen LogP contribution in [-0.2, 0) is 17.9 Å².